The maximum atomic E-state index is 10.9. The van der Waals surface area contributed by atoms with E-state index in [-0.39, 0.29) is 5.91 Å². The van der Waals surface area contributed by atoms with Gasteiger partial charge in [0.2, 0.25) is 5.91 Å². The molecular weight excluding hydrogens is 234 g/mol. The van der Waals surface area contributed by atoms with Crippen molar-refractivity contribution in [2.45, 2.75) is 13.0 Å². The number of carbonyl (C=O) groups is 1. The van der Waals surface area contributed by atoms with Crippen molar-refractivity contribution >= 4 is 17.2 Å². The maximum absolute atomic E-state index is 10.9. The van der Waals surface area contributed by atoms with Gasteiger partial charge in [-0.05, 0) is 38.5 Å². The molecule has 1 aliphatic rings. The first-order chi connectivity index (χ1) is 8.15. The van der Waals surface area contributed by atoms with Gasteiger partial charge in [0.1, 0.15) is 0 Å². The topological polar surface area (TPSA) is 58.4 Å². The molecule has 1 atom stereocenters. The second-order valence-corrected chi connectivity index (χ2v) is 5.71. The van der Waals surface area contributed by atoms with Gasteiger partial charge in [-0.3, -0.25) is 4.79 Å². The van der Waals surface area contributed by atoms with E-state index in [1.54, 1.807) is 11.3 Å². The van der Waals surface area contributed by atoms with Crippen LogP contribution in [0.25, 0.3) is 0 Å². The summed E-state index contributed by atoms with van der Waals surface area (Å²) in [5.41, 5.74) is 5.83. The fourth-order valence-corrected chi connectivity index (χ4v) is 3.04. The largest absolute Gasteiger partial charge is 0.366 e. The third kappa shape index (κ3) is 3.52. The van der Waals surface area contributed by atoms with Gasteiger partial charge in [0.15, 0.2) is 0 Å². The average Bonchev–Trinajstić information content (AvgIpc) is 2.88. The summed E-state index contributed by atoms with van der Waals surface area (Å²) in [5, 5.41) is 5.27. The Balaban J connectivity index is 1.72. The van der Waals surface area contributed by atoms with E-state index in [2.05, 4.69) is 17.3 Å². The van der Waals surface area contributed by atoms with E-state index in [4.69, 9.17) is 5.73 Å². The number of hydrogen-bond acceptors (Lipinski definition) is 4. The molecule has 0 bridgehead atoms. The van der Waals surface area contributed by atoms with Gasteiger partial charge in [-0.1, -0.05) is 0 Å². The molecule has 1 saturated heterocycles. The molecule has 0 aliphatic carbocycles. The molecule has 0 radical (unpaired) electrons. The van der Waals surface area contributed by atoms with Crippen LogP contribution in [0.4, 0.5) is 0 Å². The average molecular weight is 253 g/mol. The summed E-state index contributed by atoms with van der Waals surface area (Å²) in [6.07, 6.45) is 1.28. The number of nitrogens with two attached hydrogens (primary N) is 1. The second-order valence-electron chi connectivity index (χ2n) is 4.71. The van der Waals surface area contributed by atoms with E-state index >= 15 is 0 Å². The van der Waals surface area contributed by atoms with Gasteiger partial charge in [-0.2, -0.15) is 0 Å². The Bertz CT molecular complexity index is 391. The fraction of sp³-hybridized carbons (Fsp3) is 0.583. The molecule has 1 aromatic heterocycles. The van der Waals surface area contributed by atoms with E-state index in [0.717, 1.165) is 19.0 Å². The van der Waals surface area contributed by atoms with Gasteiger partial charge in [-0.25, -0.2) is 0 Å². The molecule has 1 aliphatic heterocycles. The maximum Gasteiger partial charge on any atom is 0.249 e. The lowest BCUT2D eigenvalue weighted by molar-refractivity contribution is 0.100. The quantitative estimate of drug-likeness (QED) is 0.819. The van der Waals surface area contributed by atoms with Crippen LogP contribution in [0.3, 0.4) is 0 Å². The summed E-state index contributed by atoms with van der Waals surface area (Å²) < 4.78 is 0. The molecule has 1 fully saturated rings. The summed E-state index contributed by atoms with van der Waals surface area (Å²) in [6.45, 7) is 4.27. The number of carbonyl (C=O) groups excluding carboxylic acids is 1. The molecule has 4 nitrogen and oxygen atoms in total. The summed E-state index contributed by atoms with van der Waals surface area (Å²) in [6, 6.07) is 1.88. The van der Waals surface area contributed by atoms with E-state index in [1.807, 2.05) is 11.4 Å². The van der Waals surface area contributed by atoms with Crippen LogP contribution in [0.15, 0.2) is 11.4 Å². The smallest absolute Gasteiger partial charge is 0.249 e. The molecule has 0 saturated carbocycles. The van der Waals surface area contributed by atoms with Crippen LogP contribution < -0.4 is 11.1 Å². The number of nitrogens with one attached hydrogen (secondary N) is 1. The van der Waals surface area contributed by atoms with Crippen LogP contribution in [0, 0.1) is 5.92 Å². The zero-order chi connectivity index (χ0) is 12.3. The van der Waals surface area contributed by atoms with Crippen molar-refractivity contribution in [1.29, 1.82) is 0 Å². The van der Waals surface area contributed by atoms with Crippen LogP contribution in [0.2, 0.25) is 0 Å². The number of primary amides is 1. The molecule has 3 N–H and O–H groups in total. The lowest BCUT2D eigenvalue weighted by atomic mass is 10.1. The molecule has 2 heterocycles. The molecule has 17 heavy (non-hydrogen) atoms. The van der Waals surface area contributed by atoms with Crippen molar-refractivity contribution < 1.29 is 4.79 Å². The molecular formula is C12H19N3OS. The van der Waals surface area contributed by atoms with E-state index in [9.17, 15) is 4.79 Å². The Labute approximate surface area is 106 Å². The van der Waals surface area contributed by atoms with Crippen molar-refractivity contribution in [3.8, 4) is 0 Å². The molecule has 0 aromatic carbocycles. The number of amides is 1. The highest BCUT2D eigenvalue weighted by atomic mass is 32.1. The Morgan fingerprint density at radius 2 is 2.53 bits per heavy atom. The first-order valence-electron chi connectivity index (χ1n) is 5.91. The summed E-state index contributed by atoms with van der Waals surface area (Å²) in [5.74, 6) is 0.417. The predicted octanol–water partition coefficient (Wildman–Crippen LogP) is 0.888. The van der Waals surface area contributed by atoms with E-state index in [1.165, 1.54) is 24.4 Å². The van der Waals surface area contributed by atoms with Crippen LogP contribution in [-0.4, -0.2) is 37.5 Å². The monoisotopic (exact) mass is 253 g/mol. The van der Waals surface area contributed by atoms with Crippen LogP contribution in [0.5, 0.6) is 0 Å². The standard InChI is InChI=1S/C12H19N3OS/c1-15-3-2-9(7-15)5-14-6-11-4-10(8-17-11)12(13)16/h4,8-9,14H,2-3,5-7H2,1H3,(H2,13,16). The zero-order valence-electron chi connectivity index (χ0n) is 10.1. The third-order valence-electron chi connectivity index (χ3n) is 3.16. The van der Waals surface area contributed by atoms with Gasteiger partial charge >= 0.3 is 0 Å². The van der Waals surface area contributed by atoms with Gasteiger partial charge in [0.25, 0.3) is 0 Å². The Morgan fingerprint density at radius 1 is 1.71 bits per heavy atom. The number of hydrogen-bond donors (Lipinski definition) is 2. The Kier molecular flexibility index (Phi) is 4.15. The van der Waals surface area contributed by atoms with Gasteiger partial charge < -0.3 is 16.0 Å². The third-order valence-corrected chi connectivity index (χ3v) is 4.10. The molecule has 1 amide bonds. The number of rotatable bonds is 5. The predicted molar refractivity (Wildman–Crippen MR) is 70.1 cm³/mol. The van der Waals surface area contributed by atoms with E-state index < -0.39 is 0 Å². The summed E-state index contributed by atoms with van der Waals surface area (Å²) >= 11 is 1.59. The van der Waals surface area contributed by atoms with Gasteiger partial charge in [0.05, 0.1) is 5.56 Å². The van der Waals surface area contributed by atoms with Crippen molar-refractivity contribution in [2.24, 2.45) is 11.7 Å². The number of nitrogens with zero attached hydrogens (tertiary/aromatic N) is 1. The summed E-state index contributed by atoms with van der Waals surface area (Å²) in [7, 11) is 2.17. The lowest BCUT2D eigenvalue weighted by Gasteiger charge is -2.10. The van der Waals surface area contributed by atoms with Crippen molar-refractivity contribution in [2.75, 3.05) is 26.7 Å². The molecule has 2 rings (SSSR count). The van der Waals surface area contributed by atoms with Crippen LogP contribution in [0.1, 0.15) is 21.7 Å². The van der Waals surface area contributed by atoms with Crippen molar-refractivity contribution in [1.82, 2.24) is 10.2 Å². The molecule has 0 spiro atoms. The molecule has 1 aromatic rings. The normalized spacial score (nSPS) is 20.9. The highest BCUT2D eigenvalue weighted by Gasteiger charge is 2.18. The lowest BCUT2D eigenvalue weighted by Crippen LogP contribution is -2.24. The number of likely N-dealkylation sites (tertiary alicyclic amines) is 1. The SMILES string of the molecule is CN1CCC(CNCc2cc(C(N)=O)cs2)C1. The molecule has 94 valence electrons. The minimum atomic E-state index is -0.343. The first kappa shape index (κ1) is 12.5. The molecule has 5 heteroatoms. The van der Waals surface area contributed by atoms with Gasteiger partial charge in [0, 0.05) is 23.3 Å². The van der Waals surface area contributed by atoms with Crippen molar-refractivity contribution in [3.05, 3.63) is 21.9 Å². The first-order valence-corrected chi connectivity index (χ1v) is 6.79. The van der Waals surface area contributed by atoms with Crippen LogP contribution >= 0.6 is 11.3 Å². The zero-order valence-corrected chi connectivity index (χ0v) is 10.9. The Hall–Kier alpha value is -0.910. The minimum absolute atomic E-state index is 0.343. The minimum Gasteiger partial charge on any atom is -0.366 e. The van der Waals surface area contributed by atoms with Gasteiger partial charge in [-0.15, -0.1) is 11.3 Å². The molecule has 1 unspecified atom stereocenters. The fourth-order valence-electron chi connectivity index (χ4n) is 2.19. The Morgan fingerprint density at radius 3 is 3.12 bits per heavy atom. The van der Waals surface area contributed by atoms with Crippen molar-refractivity contribution in [3.63, 3.8) is 0 Å². The second kappa shape index (κ2) is 5.62. The highest BCUT2D eigenvalue weighted by Crippen LogP contribution is 2.15. The van der Waals surface area contributed by atoms with Crippen LogP contribution in [-0.2, 0) is 6.54 Å². The highest BCUT2D eigenvalue weighted by molar-refractivity contribution is 7.10. The number of thiophene rings is 1. The summed E-state index contributed by atoms with van der Waals surface area (Å²) in [4.78, 5) is 14.5. The van der Waals surface area contributed by atoms with E-state index in [0.29, 0.717) is 5.56 Å².